The van der Waals surface area contributed by atoms with Crippen LogP contribution in [0.2, 0.25) is 5.02 Å². The highest BCUT2D eigenvalue weighted by Crippen LogP contribution is 2.28. The number of hydrogen-bond acceptors (Lipinski definition) is 4. The van der Waals surface area contributed by atoms with Gasteiger partial charge in [0, 0.05) is 5.02 Å². The van der Waals surface area contributed by atoms with E-state index in [0.29, 0.717) is 42.9 Å². The zero-order valence-electron chi connectivity index (χ0n) is 14.5. The quantitative estimate of drug-likeness (QED) is 0.566. The highest BCUT2D eigenvalue weighted by Gasteiger charge is 2.04. The van der Waals surface area contributed by atoms with Crippen molar-refractivity contribution in [2.75, 3.05) is 33.5 Å². The number of allylic oxidation sites excluding steroid dienone is 1. The molecule has 25 heavy (non-hydrogen) atoms. The SMILES string of the molecule is CC=Cc1ccc(OCCOCCOc2cccc(Cl)c2)c(OC)c1. The second-order valence-electron chi connectivity index (χ2n) is 5.18. The van der Waals surface area contributed by atoms with E-state index in [-0.39, 0.29) is 0 Å². The minimum absolute atomic E-state index is 0.441. The molecule has 5 heteroatoms. The van der Waals surface area contributed by atoms with Crippen molar-refractivity contribution in [1.82, 2.24) is 0 Å². The minimum Gasteiger partial charge on any atom is -0.493 e. The molecule has 2 aromatic carbocycles. The van der Waals surface area contributed by atoms with Crippen molar-refractivity contribution in [2.24, 2.45) is 0 Å². The second-order valence-corrected chi connectivity index (χ2v) is 5.61. The van der Waals surface area contributed by atoms with Gasteiger partial charge < -0.3 is 18.9 Å². The van der Waals surface area contributed by atoms with Gasteiger partial charge in [0.1, 0.15) is 19.0 Å². The van der Waals surface area contributed by atoms with Gasteiger partial charge >= 0.3 is 0 Å². The summed E-state index contributed by atoms with van der Waals surface area (Å²) in [6.07, 6.45) is 3.99. The summed E-state index contributed by atoms with van der Waals surface area (Å²) in [5.41, 5.74) is 1.07. The fraction of sp³-hybridized carbons (Fsp3) is 0.300. The number of benzene rings is 2. The molecule has 0 unspecified atom stereocenters. The first-order chi connectivity index (χ1) is 12.2. The van der Waals surface area contributed by atoms with E-state index in [1.165, 1.54) is 0 Å². The lowest BCUT2D eigenvalue weighted by Crippen LogP contribution is -2.12. The van der Waals surface area contributed by atoms with Crippen molar-refractivity contribution in [3.63, 3.8) is 0 Å². The maximum absolute atomic E-state index is 5.89. The largest absolute Gasteiger partial charge is 0.493 e. The van der Waals surface area contributed by atoms with Crippen LogP contribution < -0.4 is 14.2 Å². The number of hydrogen-bond donors (Lipinski definition) is 0. The molecule has 0 spiro atoms. The van der Waals surface area contributed by atoms with E-state index in [9.17, 15) is 0 Å². The topological polar surface area (TPSA) is 36.9 Å². The van der Waals surface area contributed by atoms with Crippen molar-refractivity contribution in [1.29, 1.82) is 0 Å². The van der Waals surface area contributed by atoms with Crippen LogP contribution in [-0.4, -0.2) is 33.5 Å². The zero-order chi connectivity index (χ0) is 17.9. The summed E-state index contributed by atoms with van der Waals surface area (Å²) < 4.78 is 22.1. The first-order valence-corrected chi connectivity index (χ1v) is 8.50. The van der Waals surface area contributed by atoms with Crippen molar-refractivity contribution in [3.05, 3.63) is 59.1 Å². The lowest BCUT2D eigenvalue weighted by Gasteiger charge is -2.12. The Labute approximate surface area is 153 Å². The smallest absolute Gasteiger partial charge is 0.161 e. The van der Waals surface area contributed by atoms with Crippen LogP contribution in [-0.2, 0) is 4.74 Å². The van der Waals surface area contributed by atoms with Gasteiger partial charge in [-0.15, -0.1) is 0 Å². The van der Waals surface area contributed by atoms with Crippen LogP contribution in [0.4, 0.5) is 0 Å². The molecule has 0 fully saturated rings. The van der Waals surface area contributed by atoms with Crippen molar-refractivity contribution in [2.45, 2.75) is 6.92 Å². The molecule has 0 aromatic heterocycles. The summed E-state index contributed by atoms with van der Waals surface area (Å²) in [7, 11) is 1.63. The van der Waals surface area contributed by atoms with Gasteiger partial charge in [-0.05, 0) is 42.8 Å². The maximum Gasteiger partial charge on any atom is 0.161 e. The molecule has 0 bridgehead atoms. The van der Waals surface area contributed by atoms with Crippen LogP contribution in [0, 0.1) is 0 Å². The van der Waals surface area contributed by atoms with Gasteiger partial charge in [0.05, 0.1) is 20.3 Å². The Morgan fingerprint density at radius 2 is 1.72 bits per heavy atom. The zero-order valence-corrected chi connectivity index (χ0v) is 15.3. The number of rotatable bonds is 10. The summed E-state index contributed by atoms with van der Waals surface area (Å²) in [5.74, 6) is 2.15. The van der Waals surface area contributed by atoms with Crippen LogP contribution in [0.3, 0.4) is 0 Å². The molecule has 134 valence electrons. The van der Waals surface area contributed by atoms with Gasteiger partial charge in [-0.2, -0.15) is 0 Å². The Bertz CT molecular complexity index is 685. The van der Waals surface area contributed by atoms with E-state index in [1.54, 1.807) is 13.2 Å². The Hall–Kier alpha value is -2.17. The molecule has 0 aliphatic rings. The predicted octanol–water partition coefficient (Wildman–Crippen LogP) is 4.86. The van der Waals surface area contributed by atoms with Gasteiger partial charge in [-0.3, -0.25) is 0 Å². The standard InChI is InChI=1S/C20H23ClO4/c1-3-5-16-8-9-19(20(14-16)22-2)25-13-11-23-10-12-24-18-7-4-6-17(21)15-18/h3-9,14-15H,10-13H2,1-2H3. The molecule has 0 heterocycles. The van der Waals surface area contributed by atoms with Gasteiger partial charge in [0.25, 0.3) is 0 Å². The summed E-state index contributed by atoms with van der Waals surface area (Å²) in [5, 5.41) is 0.654. The summed E-state index contributed by atoms with van der Waals surface area (Å²) in [4.78, 5) is 0. The molecule has 0 N–H and O–H groups in total. The van der Waals surface area contributed by atoms with E-state index >= 15 is 0 Å². The highest BCUT2D eigenvalue weighted by molar-refractivity contribution is 6.30. The molecule has 0 aliphatic heterocycles. The third-order valence-corrected chi connectivity index (χ3v) is 3.56. The molecular weight excluding hydrogens is 340 g/mol. The number of methoxy groups -OCH3 is 1. The van der Waals surface area contributed by atoms with Gasteiger partial charge in [0.15, 0.2) is 11.5 Å². The molecule has 0 saturated carbocycles. The lowest BCUT2D eigenvalue weighted by molar-refractivity contribution is 0.0757. The van der Waals surface area contributed by atoms with Crippen molar-refractivity contribution < 1.29 is 18.9 Å². The van der Waals surface area contributed by atoms with Crippen LogP contribution in [0.1, 0.15) is 12.5 Å². The van der Waals surface area contributed by atoms with E-state index in [4.69, 9.17) is 30.5 Å². The van der Waals surface area contributed by atoms with E-state index in [0.717, 1.165) is 11.3 Å². The molecule has 0 saturated heterocycles. The molecule has 0 atom stereocenters. The van der Waals surface area contributed by atoms with Crippen LogP contribution in [0.25, 0.3) is 6.08 Å². The van der Waals surface area contributed by atoms with Crippen LogP contribution in [0.5, 0.6) is 17.2 Å². The molecule has 2 rings (SSSR count). The van der Waals surface area contributed by atoms with E-state index in [1.807, 2.05) is 55.5 Å². The third kappa shape index (κ3) is 6.69. The molecule has 0 radical (unpaired) electrons. The van der Waals surface area contributed by atoms with Gasteiger partial charge in [-0.25, -0.2) is 0 Å². The molecule has 4 nitrogen and oxygen atoms in total. The Morgan fingerprint density at radius 1 is 0.920 bits per heavy atom. The maximum atomic E-state index is 5.89. The van der Waals surface area contributed by atoms with E-state index in [2.05, 4.69) is 0 Å². The monoisotopic (exact) mass is 362 g/mol. The van der Waals surface area contributed by atoms with Gasteiger partial charge in [-0.1, -0.05) is 35.9 Å². The first kappa shape index (κ1) is 19.2. The average Bonchev–Trinajstić information content (AvgIpc) is 2.62. The normalized spacial score (nSPS) is 10.8. The fourth-order valence-corrected chi connectivity index (χ4v) is 2.37. The van der Waals surface area contributed by atoms with Crippen LogP contribution >= 0.6 is 11.6 Å². The third-order valence-electron chi connectivity index (χ3n) is 3.32. The summed E-state index contributed by atoms with van der Waals surface area (Å²) >= 11 is 5.89. The fourth-order valence-electron chi connectivity index (χ4n) is 2.19. The Morgan fingerprint density at radius 3 is 2.44 bits per heavy atom. The summed E-state index contributed by atoms with van der Waals surface area (Å²) in [6, 6.07) is 13.1. The highest BCUT2D eigenvalue weighted by atomic mass is 35.5. The van der Waals surface area contributed by atoms with E-state index < -0.39 is 0 Å². The number of ether oxygens (including phenoxy) is 4. The first-order valence-electron chi connectivity index (χ1n) is 8.12. The van der Waals surface area contributed by atoms with Gasteiger partial charge in [0.2, 0.25) is 0 Å². The van der Waals surface area contributed by atoms with Crippen LogP contribution in [0.15, 0.2) is 48.5 Å². The number of halogens is 1. The lowest BCUT2D eigenvalue weighted by atomic mass is 10.2. The molecule has 0 aliphatic carbocycles. The van der Waals surface area contributed by atoms with Crippen molar-refractivity contribution in [3.8, 4) is 17.2 Å². The Kier molecular flexibility index (Phi) is 8.16. The average molecular weight is 363 g/mol. The predicted molar refractivity (Wildman–Crippen MR) is 101 cm³/mol. The molecule has 0 amide bonds. The minimum atomic E-state index is 0.441. The molecular formula is C20H23ClO4. The Balaban J connectivity index is 1.66. The molecule has 2 aromatic rings. The summed E-state index contributed by atoms with van der Waals surface area (Å²) in [6.45, 7) is 3.83. The van der Waals surface area contributed by atoms with Crippen molar-refractivity contribution >= 4 is 17.7 Å². The second kappa shape index (κ2) is 10.6.